The van der Waals surface area contributed by atoms with Gasteiger partial charge in [0.25, 0.3) is 0 Å². The molecule has 2 saturated heterocycles. The van der Waals surface area contributed by atoms with E-state index in [9.17, 15) is 9.18 Å². The molecule has 2 saturated carbocycles. The highest BCUT2D eigenvalue weighted by atomic mass is 19.1. The van der Waals surface area contributed by atoms with Crippen molar-refractivity contribution in [2.24, 2.45) is 17.8 Å². The van der Waals surface area contributed by atoms with Crippen LogP contribution in [0, 0.1) is 17.8 Å². The van der Waals surface area contributed by atoms with Crippen LogP contribution < -0.4 is 10.6 Å². The molecule has 1 amide bonds. The summed E-state index contributed by atoms with van der Waals surface area (Å²) in [7, 11) is 4.39. The first-order valence-electron chi connectivity index (χ1n) is 12.4. The Labute approximate surface area is 182 Å². The van der Waals surface area contributed by atoms with Gasteiger partial charge < -0.3 is 15.5 Å². The van der Waals surface area contributed by atoms with E-state index in [0.717, 1.165) is 25.8 Å². The van der Waals surface area contributed by atoms with Gasteiger partial charge in [-0.15, -0.1) is 0 Å². The zero-order valence-corrected chi connectivity index (χ0v) is 19.4. The molecule has 4 aliphatic rings. The van der Waals surface area contributed by atoms with Crippen LogP contribution in [0.2, 0.25) is 0 Å². The Morgan fingerprint density at radius 3 is 2.57 bits per heavy atom. The number of carbonyl (C=O) groups excluding carboxylic acids is 1. The number of fused-ring (bicyclic) bond motifs is 1. The zero-order valence-electron chi connectivity index (χ0n) is 19.4. The van der Waals surface area contributed by atoms with Gasteiger partial charge in [0.2, 0.25) is 5.91 Å². The molecule has 2 N–H and O–H groups in total. The Hall–Kier alpha value is -0.720. The number of rotatable bonds is 4. The molecular weight excluding hydrogens is 379 g/mol. The fraction of sp³-hybridized carbons (Fsp3) is 0.958. The summed E-state index contributed by atoms with van der Waals surface area (Å²) in [6, 6.07) is 1.49. The Kier molecular flexibility index (Phi) is 7.05. The Morgan fingerprint density at radius 1 is 1.07 bits per heavy atom. The van der Waals surface area contributed by atoms with E-state index in [1.54, 1.807) is 0 Å². The zero-order chi connectivity index (χ0) is 21.4. The van der Waals surface area contributed by atoms with Gasteiger partial charge in [0.15, 0.2) is 0 Å². The minimum Gasteiger partial charge on any atom is -0.352 e. The average Bonchev–Trinajstić information content (AvgIpc) is 3.18. The third kappa shape index (κ3) is 4.71. The second kappa shape index (κ2) is 9.41. The second-order valence-corrected chi connectivity index (χ2v) is 11.0. The van der Waals surface area contributed by atoms with E-state index in [4.69, 9.17) is 0 Å². The average molecular weight is 423 g/mol. The highest BCUT2D eigenvalue weighted by molar-refractivity contribution is 5.82. The van der Waals surface area contributed by atoms with Crippen LogP contribution >= 0.6 is 0 Å². The molecule has 0 aromatic carbocycles. The van der Waals surface area contributed by atoms with Crippen molar-refractivity contribution < 1.29 is 9.18 Å². The van der Waals surface area contributed by atoms with Crippen molar-refractivity contribution in [2.45, 2.75) is 102 Å². The highest BCUT2D eigenvalue weighted by Crippen LogP contribution is 2.38. The van der Waals surface area contributed by atoms with E-state index < -0.39 is 6.17 Å². The molecule has 0 bridgehead atoms. The lowest BCUT2D eigenvalue weighted by molar-refractivity contribution is -0.124. The topological polar surface area (TPSA) is 47.6 Å². The molecule has 2 aliphatic heterocycles. The molecule has 2 aliphatic carbocycles. The number of piperidine rings is 1. The number of hydrogen-bond donors (Lipinski definition) is 2. The number of alkyl halides is 1. The minimum atomic E-state index is -0.748. The van der Waals surface area contributed by atoms with Gasteiger partial charge in [0.1, 0.15) is 6.17 Å². The van der Waals surface area contributed by atoms with Gasteiger partial charge in [0, 0.05) is 36.6 Å². The van der Waals surface area contributed by atoms with E-state index in [1.165, 1.54) is 25.8 Å². The predicted octanol–water partition coefficient (Wildman–Crippen LogP) is 2.80. The Balaban J connectivity index is 1.29. The van der Waals surface area contributed by atoms with Gasteiger partial charge in [-0.3, -0.25) is 9.69 Å². The maximum atomic E-state index is 14.4. The SMILES string of the molecule is CC1CCC(F)C2CC(C(=O)NC3CCCC(N4CC[C@@H](N(C)C)[C@@H](C)C4)C3)NC12. The van der Waals surface area contributed by atoms with Crippen LogP contribution in [0.1, 0.15) is 65.2 Å². The molecule has 4 fully saturated rings. The molecule has 0 radical (unpaired) electrons. The van der Waals surface area contributed by atoms with E-state index in [-0.39, 0.29) is 30.0 Å². The largest absolute Gasteiger partial charge is 0.352 e. The summed E-state index contributed by atoms with van der Waals surface area (Å²) in [5.41, 5.74) is 0. The quantitative estimate of drug-likeness (QED) is 0.731. The van der Waals surface area contributed by atoms with Crippen molar-refractivity contribution in [3.05, 3.63) is 0 Å². The van der Waals surface area contributed by atoms with Crippen LogP contribution in [0.15, 0.2) is 0 Å². The Bertz CT molecular complexity index is 584. The third-order valence-corrected chi connectivity index (χ3v) is 8.72. The maximum Gasteiger partial charge on any atom is 0.237 e. The van der Waals surface area contributed by atoms with E-state index in [2.05, 4.69) is 48.4 Å². The second-order valence-electron chi connectivity index (χ2n) is 11.0. The molecule has 4 rings (SSSR count). The number of nitrogens with zero attached hydrogens (tertiary/aromatic N) is 2. The molecule has 172 valence electrons. The fourth-order valence-corrected chi connectivity index (χ4v) is 6.99. The summed E-state index contributed by atoms with van der Waals surface area (Å²) in [6.45, 7) is 6.91. The molecular formula is C24H43FN4O. The van der Waals surface area contributed by atoms with Crippen molar-refractivity contribution in [1.29, 1.82) is 0 Å². The van der Waals surface area contributed by atoms with Gasteiger partial charge in [-0.25, -0.2) is 4.39 Å². The van der Waals surface area contributed by atoms with Crippen molar-refractivity contribution in [3.8, 4) is 0 Å². The van der Waals surface area contributed by atoms with Gasteiger partial charge in [-0.05, 0) is 83.8 Å². The lowest BCUT2D eigenvalue weighted by atomic mass is 9.77. The normalized spacial score (nSPS) is 45.3. The summed E-state index contributed by atoms with van der Waals surface area (Å²) in [6.07, 6.45) is 7.31. The van der Waals surface area contributed by atoms with Crippen molar-refractivity contribution in [2.75, 3.05) is 27.2 Å². The van der Waals surface area contributed by atoms with Crippen molar-refractivity contribution in [3.63, 3.8) is 0 Å². The first-order chi connectivity index (χ1) is 14.3. The first kappa shape index (κ1) is 22.5. The third-order valence-electron chi connectivity index (χ3n) is 8.72. The van der Waals surface area contributed by atoms with Crippen molar-refractivity contribution in [1.82, 2.24) is 20.4 Å². The van der Waals surface area contributed by atoms with E-state index in [0.29, 0.717) is 36.8 Å². The maximum absolute atomic E-state index is 14.4. The molecule has 7 unspecified atom stereocenters. The predicted molar refractivity (Wildman–Crippen MR) is 119 cm³/mol. The molecule has 0 spiro atoms. The smallest absolute Gasteiger partial charge is 0.237 e. The number of amides is 1. The van der Waals surface area contributed by atoms with Gasteiger partial charge >= 0.3 is 0 Å². The van der Waals surface area contributed by atoms with Crippen LogP contribution in [-0.2, 0) is 4.79 Å². The summed E-state index contributed by atoms with van der Waals surface area (Å²) < 4.78 is 14.4. The molecule has 2 heterocycles. The van der Waals surface area contributed by atoms with Crippen LogP contribution in [-0.4, -0.2) is 79.3 Å². The number of nitrogens with one attached hydrogen (secondary N) is 2. The summed E-state index contributed by atoms with van der Waals surface area (Å²) in [5.74, 6) is 1.27. The van der Waals surface area contributed by atoms with Crippen LogP contribution in [0.25, 0.3) is 0 Å². The van der Waals surface area contributed by atoms with Crippen molar-refractivity contribution >= 4 is 5.91 Å². The van der Waals surface area contributed by atoms with Crippen LogP contribution in [0.5, 0.6) is 0 Å². The van der Waals surface area contributed by atoms with Gasteiger partial charge in [0.05, 0.1) is 6.04 Å². The number of likely N-dealkylation sites (tertiary alicyclic amines) is 1. The van der Waals surface area contributed by atoms with Gasteiger partial charge in [-0.2, -0.15) is 0 Å². The molecule has 6 heteroatoms. The number of hydrogen-bond acceptors (Lipinski definition) is 4. The number of carbonyl (C=O) groups is 1. The highest BCUT2D eigenvalue weighted by Gasteiger charge is 2.46. The minimum absolute atomic E-state index is 0.0167. The van der Waals surface area contributed by atoms with E-state index >= 15 is 0 Å². The molecule has 30 heavy (non-hydrogen) atoms. The summed E-state index contributed by atoms with van der Waals surface area (Å²) in [5, 5.41) is 6.84. The monoisotopic (exact) mass is 422 g/mol. The fourth-order valence-electron chi connectivity index (χ4n) is 6.99. The van der Waals surface area contributed by atoms with Gasteiger partial charge in [-0.1, -0.05) is 13.8 Å². The molecule has 5 nitrogen and oxygen atoms in total. The standard InChI is InChI=1S/C24H43FN4O/c1-15-8-9-20(25)19-13-21(27-23(15)19)24(30)26-17-6-5-7-18(12-17)29-11-10-22(28(3)4)16(2)14-29/h15-23,27H,5-14H2,1-4H3,(H,26,30)/t15?,16-,17?,18?,19?,20?,21?,22+,23?/m0/s1. The molecule has 0 aromatic rings. The van der Waals surface area contributed by atoms with E-state index in [1.807, 2.05) is 0 Å². The summed E-state index contributed by atoms with van der Waals surface area (Å²) in [4.78, 5) is 18.1. The van der Waals surface area contributed by atoms with Crippen LogP contribution in [0.3, 0.4) is 0 Å². The lowest BCUT2D eigenvalue weighted by Crippen LogP contribution is -2.54. The van der Waals surface area contributed by atoms with Crippen LogP contribution in [0.4, 0.5) is 4.39 Å². The Morgan fingerprint density at radius 2 is 1.87 bits per heavy atom. The number of halogens is 1. The molecule has 0 aromatic heterocycles. The first-order valence-corrected chi connectivity index (χ1v) is 12.4. The molecule has 9 atom stereocenters. The summed E-state index contributed by atoms with van der Waals surface area (Å²) >= 11 is 0. The lowest BCUT2D eigenvalue weighted by Gasteiger charge is -2.45.